The van der Waals surface area contributed by atoms with Crippen molar-refractivity contribution in [2.24, 2.45) is 0 Å². The number of rotatable bonds is 3. The zero-order chi connectivity index (χ0) is 23.0. The molecule has 1 aliphatic heterocycles. The SMILES string of the molecule is CC(C)(C)OC(=O)N[C@H]1C[C@H](C(=O)O)N(C(=O)OC2c3ccccc3-c3ccccc32)C1. The van der Waals surface area contributed by atoms with Crippen molar-refractivity contribution in [3.8, 4) is 11.1 Å². The number of nitrogens with zero attached hydrogens (tertiary/aromatic N) is 1. The summed E-state index contributed by atoms with van der Waals surface area (Å²) in [6.45, 7) is 5.23. The van der Waals surface area contributed by atoms with Crippen molar-refractivity contribution in [1.29, 1.82) is 0 Å². The number of fused-ring (bicyclic) bond motifs is 3. The molecule has 1 aliphatic carbocycles. The summed E-state index contributed by atoms with van der Waals surface area (Å²) in [5, 5.41) is 12.3. The van der Waals surface area contributed by atoms with Gasteiger partial charge in [-0.15, -0.1) is 0 Å². The maximum Gasteiger partial charge on any atom is 0.411 e. The normalized spacial score (nSPS) is 19.8. The summed E-state index contributed by atoms with van der Waals surface area (Å²) in [5.74, 6) is -1.15. The minimum absolute atomic E-state index is 0.0189. The number of likely N-dealkylation sites (tertiary alicyclic amines) is 1. The number of benzene rings is 2. The van der Waals surface area contributed by atoms with Crippen molar-refractivity contribution < 1.29 is 29.0 Å². The average Bonchev–Trinajstić information content (AvgIpc) is 3.27. The van der Waals surface area contributed by atoms with E-state index >= 15 is 0 Å². The van der Waals surface area contributed by atoms with Gasteiger partial charge in [-0.3, -0.25) is 4.90 Å². The molecule has 2 aromatic carbocycles. The maximum atomic E-state index is 13.1. The van der Waals surface area contributed by atoms with Gasteiger partial charge in [0.25, 0.3) is 0 Å². The summed E-state index contributed by atoms with van der Waals surface area (Å²) >= 11 is 0. The Morgan fingerprint density at radius 1 is 1.00 bits per heavy atom. The number of carbonyl (C=O) groups excluding carboxylic acids is 2. The minimum atomic E-state index is -1.15. The standard InChI is InChI=1S/C24H26N2O6/c1-24(2,3)32-22(29)25-14-12-19(21(27)28)26(13-14)23(30)31-20-17-10-6-4-8-15(17)16-9-5-7-11-18(16)20/h4-11,14,19-20H,12-13H2,1-3H3,(H,25,29)(H,27,28)/t14-,19+/m0/s1. The highest BCUT2D eigenvalue weighted by molar-refractivity contribution is 5.83. The fourth-order valence-corrected chi connectivity index (χ4v) is 4.26. The fraction of sp³-hybridized carbons (Fsp3) is 0.375. The van der Waals surface area contributed by atoms with Crippen LogP contribution in [0.5, 0.6) is 0 Å². The summed E-state index contributed by atoms with van der Waals surface area (Å²) in [6.07, 6.45) is -1.94. The zero-order valence-corrected chi connectivity index (χ0v) is 18.2. The van der Waals surface area contributed by atoms with Crippen molar-refractivity contribution in [1.82, 2.24) is 10.2 Å². The van der Waals surface area contributed by atoms with E-state index in [2.05, 4.69) is 5.32 Å². The molecule has 1 fully saturated rings. The van der Waals surface area contributed by atoms with Gasteiger partial charge in [-0.2, -0.15) is 0 Å². The lowest BCUT2D eigenvalue weighted by Crippen LogP contribution is -2.43. The first kappa shape index (κ1) is 21.7. The van der Waals surface area contributed by atoms with Crippen LogP contribution in [0.25, 0.3) is 11.1 Å². The van der Waals surface area contributed by atoms with E-state index < -0.39 is 41.9 Å². The topological polar surface area (TPSA) is 105 Å². The molecule has 1 saturated heterocycles. The molecule has 2 aliphatic rings. The molecule has 0 unspecified atom stereocenters. The third-order valence-corrected chi connectivity index (χ3v) is 5.54. The number of amides is 2. The first-order chi connectivity index (χ1) is 15.1. The van der Waals surface area contributed by atoms with Crippen molar-refractivity contribution in [3.63, 3.8) is 0 Å². The average molecular weight is 438 g/mol. The number of carboxylic acids is 1. The van der Waals surface area contributed by atoms with Gasteiger partial charge in [-0.25, -0.2) is 14.4 Å². The van der Waals surface area contributed by atoms with E-state index in [-0.39, 0.29) is 13.0 Å². The van der Waals surface area contributed by atoms with E-state index in [4.69, 9.17) is 9.47 Å². The van der Waals surface area contributed by atoms with Gasteiger partial charge < -0.3 is 19.9 Å². The van der Waals surface area contributed by atoms with Gasteiger partial charge in [0.1, 0.15) is 11.6 Å². The predicted molar refractivity (Wildman–Crippen MR) is 116 cm³/mol. The summed E-state index contributed by atoms with van der Waals surface area (Å²) in [5.41, 5.74) is 3.01. The van der Waals surface area contributed by atoms with Crippen LogP contribution in [0, 0.1) is 0 Å². The Morgan fingerprint density at radius 3 is 2.09 bits per heavy atom. The highest BCUT2D eigenvalue weighted by Gasteiger charge is 2.43. The molecule has 32 heavy (non-hydrogen) atoms. The summed E-state index contributed by atoms with van der Waals surface area (Å²) in [7, 11) is 0. The third-order valence-electron chi connectivity index (χ3n) is 5.54. The largest absolute Gasteiger partial charge is 0.480 e. The number of aliphatic carboxylic acids is 1. The van der Waals surface area contributed by atoms with Crippen LogP contribution < -0.4 is 5.32 Å². The van der Waals surface area contributed by atoms with E-state index in [1.54, 1.807) is 20.8 Å². The molecule has 4 rings (SSSR count). The summed E-state index contributed by atoms with van der Waals surface area (Å²) in [4.78, 5) is 38.2. The zero-order valence-electron chi connectivity index (χ0n) is 18.2. The van der Waals surface area contributed by atoms with Crippen LogP contribution in [-0.4, -0.2) is 52.4 Å². The lowest BCUT2D eigenvalue weighted by molar-refractivity contribution is -0.141. The van der Waals surface area contributed by atoms with Crippen LogP contribution in [0.1, 0.15) is 44.4 Å². The van der Waals surface area contributed by atoms with Crippen molar-refractivity contribution in [3.05, 3.63) is 59.7 Å². The van der Waals surface area contributed by atoms with Crippen LogP contribution >= 0.6 is 0 Å². The second-order valence-corrected chi connectivity index (χ2v) is 9.02. The van der Waals surface area contributed by atoms with Crippen LogP contribution in [0.3, 0.4) is 0 Å². The van der Waals surface area contributed by atoms with Gasteiger partial charge in [0.2, 0.25) is 0 Å². The second-order valence-electron chi connectivity index (χ2n) is 9.02. The number of ether oxygens (including phenoxy) is 2. The molecule has 0 aromatic heterocycles. The van der Waals surface area contributed by atoms with E-state index in [0.717, 1.165) is 27.2 Å². The van der Waals surface area contributed by atoms with Crippen LogP contribution in [0.2, 0.25) is 0 Å². The quantitative estimate of drug-likeness (QED) is 0.752. The molecule has 0 spiro atoms. The second kappa shape index (κ2) is 8.18. The Labute approximate surface area is 186 Å². The Morgan fingerprint density at radius 2 is 1.56 bits per heavy atom. The molecule has 0 bridgehead atoms. The van der Waals surface area contributed by atoms with Gasteiger partial charge in [0.15, 0.2) is 6.10 Å². The van der Waals surface area contributed by atoms with Gasteiger partial charge in [0, 0.05) is 24.1 Å². The smallest absolute Gasteiger partial charge is 0.411 e. The Hall–Kier alpha value is -3.55. The Kier molecular flexibility index (Phi) is 5.54. The van der Waals surface area contributed by atoms with Crippen LogP contribution in [0.4, 0.5) is 9.59 Å². The molecule has 8 nitrogen and oxygen atoms in total. The first-order valence-electron chi connectivity index (χ1n) is 10.5. The fourth-order valence-electron chi connectivity index (χ4n) is 4.26. The Balaban J connectivity index is 1.51. The molecule has 168 valence electrons. The lowest BCUT2D eigenvalue weighted by Gasteiger charge is -2.24. The van der Waals surface area contributed by atoms with E-state index in [0.29, 0.717) is 0 Å². The van der Waals surface area contributed by atoms with Gasteiger partial charge in [0.05, 0.1) is 6.04 Å². The van der Waals surface area contributed by atoms with E-state index in [9.17, 15) is 19.5 Å². The lowest BCUT2D eigenvalue weighted by atomic mass is 10.1. The number of carbonyl (C=O) groups is 3. The molecule has 8 heteroatoms. The maximum absolute atomic E-state index is 13.1. The highest BCUT2D eigenvalue weighted by atomic mass is 16.6. The van der Waals surface area contributed by atoms with Crippen molar-refractivity contribution >= 4 is 18.2 Å². The first-order valence-corrected chi connectivity index (χ1v) is 10.5. The minimum Gasteiger partial charge on any atom is -0.480 e. The molecule has 2 aromatic rings. The van der Waals surface area contributed by atoms with E-state index in [1.165, 1.54) is 0 Å². The molecule has 0 saturated carbocycles. The summed E-state index contributed by atoms with van der Waals surface area (Å²) < 4.78 is 11.1. The van der Waals surface area contributed by atoms with Gasteiger partial charge >= 0.3 is 18.2 Å². The number of alkyl carbamates (subject to hydrolysis) is 1. The molecule has 2 amide bonds. The molecule has 2 N–H and O–H groups in total. The Bertz CT molecular complexity index is 1010. The number of hydrogen-bond acceptors (Lipinski definition) is 5. The monoisotopic (exact) mass is 438 g/mol. The third kappa shape index (κ3) is 4.26. The van der Waals surface area contributed by atoms with E-state index in [1.807, 2.05) is 48.5 Å². The van der Waals surface area contributed by atoms with Gasteiger partial charge in [-0.05, 0) is 31.9 Å². The van der Waals surface area contributed by atoms with Crippen molar-refractivity contribution in [2.45, 2.75) is 51.0 Å². The van der Waals surface area contributed by atoms with Crippen molar-refractivity contribution in [2.75, 3.05) is 6.54 Å². The number of nitrogens with one attached hydrogen (secondary N) is 1. The highest BCUT2D eigenvalue weighted by Crippen LogP contribution is 2.45. The molecule has 1 heterocycles. The number of carboxylic acid groups (broad SMARTS) is 1. The predicted octanol–water partition coefficient (Wildman–Crippen LogP) is 3.95. The van der Waals surface area contributed by atoms with Crippen LogP contribution in [0.15, 0.2) is 48.5 Å². The number of hydrogen-bond donors (Lipinski definition) is 2. The molecule has 0 radical (unpaired) electrons. The van der Waals surface area contributed by atoms with Crippen LogP contribution in [-0.2, 0) is 14.3 Å². The van der Waals surface area contributed by atoms with Gasteiger partial charge in [-0.1, -0.05) is 48.5 Å². The molecular formula is C24H26N2O6. The molecular weight excluding hydrogens is 412 g/mol. The molecule has 2 atom stereocenters. The summed E-state index contributed by atoms with van der Waals surface area (Å²) in [6, 6.07) is 13.7.